The lowest BCUT2D eigenvalue weighted by atomic mass is 10.0. The van der Waals surface area contributed by atoms with Crippen LogP contribution in [0.4, 0.5) is 0 Å². The highest BCUT2D eigenvalue weighted by molar-refractivity contribution is 4.82. The Labute approximate surface area is 119 Å². The molecule has 1 aliphatic carbocycles. The summed E-state index contributed by atoms with van der Waals surface area (Å²) in [6.45, 7) is 14.4. The molecule has 0 spiro atoms. The lowest BCUT2D eigenvalue weighted by molar-refractivity contribution is 0.0618. The molecule has 3 heteroatoms. The zero-order chi connectivity index (χ0) is 13.7. The Balaban J connectivity index is 1.53. The maximum Gasteiger partial charge on any atom is 0.0126 e. The van der Waals surface area contributed by atoms with Crippen LogP contribution in [0.25, 0.3) is 0 Å². The SMILES string of the molecule is CC(C)(C)N1CCN(CCCNC2CCCC2)CC1. The van der Waals surface area contributed by atoms with Crippen LogP contribution >= 0.6 is 0 Å². The normalized spacial score (nSPS) is 24.2. The van der Waals surface area contributed by atoms with E-state index in [-0.39, 0.29) is 0 Å². The summed E-state index contributed by atoms with van der Waals surface area (Å²) in [6.07, 6.45) is 7.00. The van der Waals surface area contributed by atoms with Crippen molar-refractivity contribution in [2.45, 2.75) is 64.5 Å². The van der Waals surface area contributed by atoms with Crippen LogP contribution in [0, 0.1) is 0 Å². The highest BCUT2D eigenvalue weighted by Gasteiger charge is 2.25. The van der Waals surface area contributed by atoms with Gasteiger partial charge in [0.05, 0.1) is 0 Å². The first kappa shape index (κ1) is 15.3. The molecule has 1 saturated carbocycles. The van der Waals surface area contributed by atoms with Crippen LogP contribution in [0.2, 0.25) is 0 Å². The van der Waals surface area contributed by atoms with E-state index in [9.17, 15) is 0 Å². The molecule has 2 aliphatic rings. The van der Waals surface area contributed by atoms with Crippen molar-refractivity contribution in [3.63, 3.8) is 0 Å². The third-order valence-corrected chi connectivity index (χ3v) is 4.76. The van der Waals surface area contributed by atoms with Gasteiger partial charge in [-0.15, -0.1) is 0 Å². The van der Waals surface area contributed by atoms with Crippen LogP contribution in [0.3, 0.4) is 0 Å². The van der Waals surface area contributed by atoms with Gasteiger partial charge in [-0.2, -0.15) is 0 Å². The third kappa shape index (κ3) is 5.05. The first-order chi connectivity index (χ1) is 9.05. The van der Waals surface area contributed by atoms with Gasteiger partial charge < -0.3 is 10.2 Å². The van der Waals surface area contributed by atoms with E-state index < -0.39 is 0 Å². The van der Waals surface area contributed by atoms with Crippen molar-refractivity contribution in [2.75, 3.05) is 39.3 Å². The predicted molar refractivity (Wildman–Crippen MR) is 82.6 cm³/mol. The van der Waals surface area contributed by atoms with Crippen molar-refractivity contribution >= 4 is 0 Å². The van der Waals surface area contributed by atoms with E-state index in [0.29, 0.717) is 5.54 Å². The second kappa shape index (κ2) is 7.05. The molecular weight excluding hydrogens is 234 g/mol. The lowest BCUT2D eigenvalue weighted by Gasteiger charge is -2.42. The number of hydrogen-bond acceptors (Lipinski definition) is 3. The molecule has 1 saturated heterocycles. The second-order valence-corrected chi connectivity index (χ2v) is 7.29. The molecule has 112 valence electrons. The Hall–Kier alpha value is -0.120. The molecular formula is C16H33N3. The molecule has 2 fully saturated rings. The van der Waals surface area contributed by atoms with Gasteiger partial charge in [0, 0.05) is 37.8 Å². The van der Waals surface area contributed by atoms with Gasteiger partial charge in [0.15, 0.2) is 0 Å². The molecule has 0 unspecified atom stereocenters. The van der Waals surface area contributed by atoms with Crippen molar-refractivity contribution in [2.24, 2.45) is 0 Å². The molecule has 0 aromatic carbocycles. The van der Waals surface area contributed by atoms with Crippen LogP contribution in [-0.4, -0.2) is 60.6 Å². The lowest BCUT2D eigenvalue weighted by Crippen LogP contribution is -2.53. The summed E-state index contributed by atoms with van der Waals surface area (Å²) in [5.74, 6) is 0. The Morgan fingerprint density at radius 2 is 1.63 bits per heavy atom. The highest BCUT2D eigenvalue weighted by atomic mass is 15.3. The molecule has 19 heavy (non-hydrogen) atoms. The molecule has 1 heterocycles. The first-order valence-electron chi connectivity index (χ1n) is 8.26. The van der Waals surface area contributed by atoms with Crippen LogP contribution in [0.15, 0.2) is 0 Å². The monoisotopic (exact) mass is 267 g/mol. The number of nitrogens with one attached hydrogen (secondary N) is 1. The van der Waals surface area contributed by atoms with E-state index in [1.54, 1.807) is 0 Å². The molecule has 0 aromatic heterocycles. The summed E-state index contributed by atoms with van der Waals surface area (Å²) in [5.41, 5.74) is 0.343. The molecule has 2 rings (SSSR count). The Morgan fingerprint density at radius 1 is 1.00 bits per heavy atom. The standard InChI is InChI=1S/C16H33N3/c1-16(2,3)19-13-11-18(12-14-19)10-6-9-17-15-7-4-5-8-15/h15,17H,4-14H2,1-3H3. The second-order valence-electron chi connectivity index (χ2n) is 7.29. The molecule has 0 aromatic rings. The predicted octanol–water partition coefficient (Wildman–Crippen LogP) is 2.32. The van der Waals surface area contributed by atoms with Crippen LogP contribution in [0.1, 0.15) is 52.9 Å². The molecule has 0 atom stereocenters. The van der Waals surface area contributed by atoms with Gasteiger partial charge in [-0.3, -0.25) is 4.90 Å². The molecule has 1 aliphatic heterocycles. The van der Waals surface area contributed by atoms with E-state index in [1.807, 2.05) is 0 Å². The fourth-order valence-corrected chi connectivity index (χ4v) is 3.38. The van der Waals surface area contributed by atoms with Gasteiger partial charge in [0.1, 0.15) is 0 Å². The maximum atomic E-state index is 3.72. The highest BCUT2D eigenvalue weighted by Crippen LogP contribution is 2.18. The van der Waals surface area contributed by atoms with Crippen molar-refractivity contribution in [3.05, 3.63) is 0 Å². The van der Waals surface area contributed by atoms with Crippen LogP contribution in [-0.2, 0) is 0 Å². The maximum absolute atomic E-state index is 3.72. The summed E-state index contributed by atoms with van der Waals surface area (Å²) in [7, 11) is 0. The first-order valence-corrected chi connectivity index (χ1v) is 8.26. The average Bonchev–Trinajstić information content (AvgIpc) is 2.87. The Morgan fingerprint density at radius 3 is 2.21 bits per heavy atom. The van der Waals surface area contributed by atoms with Gasteiger partial charge >= 0.3 is 0 Å². The van der Waals surface area contributed by atoms with E-state index in [2.05, 4.69) is 35.9 Å². The van der Waals surface area contributed by atoms with Gasteiger partial charge in [-0.25, -0.2) is 0 Å². The van der Waals surface area contributed by atoms with Crippen LogP contribution < -0.4 is 5.32 Å². The van der Waals surface area contributed by atoms with Crippen LogP contribution in [0.5, 0.6) is 0 Å². The summed E-state index contributed by atoms with van der Waals surface area (Å²) >= 11 is 0. The Kier molecular flexibility index (Phi) is 5.67. The molecule has 3 nitrogen and oxygen atoms in total. The van der Waals surface area contributed by atoms with E-state index in [1.165, 1.54) is 71.4 Å². The quantitative estimate of drug-likeness (QED) is 0.771. The van der Waals surface area contributed by atoms with E-state index in [4.69, 9.17) is 0 Å². The Bertz CT molecular complexity index is 245. The number of hydrogen-bond donors (Lipinski definition) is 1. The van der Waals surface area contributed by atoms with Gasteiger partial charge in [0.25, 0.3) is 0 Å². The van der Waals surface area contributed by atoms with Crippen molar-refractivity contribution in [1.82, 2.24) is 15.1 Å². The zero-order valence-electron chi connectivity index (χ0n) is 13.2. The fraction of sp³-hybridized carbons (Fsp3) is 1.00. The summed E-state index contributed by atoms with van der Waals surface area (Å²) in [6, 6.07) is 0.831. The third-order valence-electron chi connectivity index (χ3n) is 4.76. The van der Waals surface area contributed by atoms with Crippen molar-refractivity contribution in [1.29, 1.82) is 0 Å². The van der Waals surface area contributed by atoms with Gasteiger partial charge in [0.2, 0.25) is 0 Å². The zero-order valence-corrected chi connectivity index (χ0v) is 13.2. The molecule has 0 amide bonds. The number of piperazine rings is 1. The molecule has 1 N–H and O–H groups in total. The van der Waals surface area contributed by atoms with Gasteiger partial charge in [-0.1, -0.05) is 12.8 Å². The summed E-state index contributed by atoms with van der Waals surface area (Å²) in [5, 5.41) is 3.72. The number of rotatable bonds is 5. The minimum atomic E-state index is 0.343. The smallest absolute Gasteiger partial charge is 0.0126 e. The minimum absolute atomic E-state index is 0.343. The summed E-state index contributed by atoms with van der Waals surface area (Å²) in [4.78, 5) is 5.25. The van der Waals surface area contributed by atoms with Crippen molar-refractivity contribution < 1.29 is 0 Å². The van der Waals surface area contributed by atoms with Gasteiger partial charge in [-0.05, 0) is 53.1 Å². The minimum Gasteiger partial charge on any atom is -0.314 e. The van der Waals surface area contributed by atoms with Crippen molar-refractivity contribution in [3.8, 4) is 0 Å². The molecule has 0 bridgehead atoms. The summed E-state index contributed by atoms with van der Waals surface area (Å²) < 4.78 is 0. The fourth-order valence-electron chi connectivity index (χ4n) is 3.38. The average molecular weight is 267 g/mol. The largest absolute Gasteiger partial charge is 0.314 e. The number of nitrogens with zero attached hydrogens (tertiary/aromatic N) is 2. The topological polar surface area (TPSA) is 18.5 Å². The van der Waals surface area contributed by atoms with E-state index >= 15 is 0 Å². The van der Waals surface area contributed by atoms with E-state index in [0.717, 1.165) is 6.04 Å². The molecule has 0 radical (unpaired) electrons.